The van der Waals surface area contributed by atoms with E-state index in [4.69, 9.17) is 5.11 Å². The molecule has 8 heteroatoms. The number of rotatable bonds is 7. The average Bonchev–Trinajstić information content (AvgIpc) is 2.93. The molecular weight excluding hydrogens is 297 g/mol. The van der Waals surface area contributed by atoms with Gasteiger partial charge in [-0.25, -0.2) is 17.5 Å². The molecule has 2 N–H and O–H groups in total. The molecule has 1 aromatic heterocycles. The van der Waals surface area contributed by atoms with Gasteiger partial charge in [-0.15, -0.1) is 0 Å². The minimum atomic E-state index is -3.69. The molecule has 0 amide bonds. The number of nitrogens with zero attached hydrogens (tertiary/aromatic N) is 2. The van der Waals surface area contributed by atoms with Crippen LogP contribution in [0.15, 0.2) is 41.6 Å². The van der Waals surface area contributed by atoms with Gasteiger partial charge in [0.1, 0.15) is 10.7 Å². The van der Waals surface area contributed by atoms with Crippen LogP contribution in [-0.4, -0.2) is 29.9 Å². The zero-order valence-electron chi connectivity index (χ0n) is 11.2. The topological polar surface area (TPSA) is 84.2 Å². The van der Waals surface area contributed by atoms with Gasteiger partial charge in [0.05, 0.1) is 6.20 Å². The van der Waals surface area contributed by atoms with Crippen molar-refractivity contribution >= 4 is 10.0 Å². The molecular formula is C13H16FN3O3S. The van der Waals surface area contributed by atoms with Crippen LogP contribution in [-0.2, 0) is 23.1 Å². The third-order valence-corrected chi connectivity index (χ3v) is 4.18. The predicted molar refractivity (Wildman–Crippen MR) is 74.4 cm³/mol. The summed E-state index contributed by atoms with van der Waals surface area (Å²) in [7, 11) is -3.69. The smallest absolute Gasteiger partial charge is 0.243 e. The lowest BCUT2D eigenvalue weighted by Crippen LogP contribution is -2.23. The van der Waals surface area contributed by atoms with Crippen molar-refractivity contribution in [3.8, 4) is 0 Å². The first-order valence-electron chi connectivity index (χ1n) is 6.39. The summed E-state index contributed by atoms with van der Waals surface area (Å²) in [5.74, 6) is -0.413. The quantitative estimate of drug-likeness (QED) is 0.795. The fourth-order valence-electron chi connectivity index (χ4n) is 1.75. The molecule has 114 valence electrons. The fraction of sp³-hybridized carbons (Fsp3) is 0.308. The Morgan fingerprint density at radius 3 is 2.90 bits per heavy atom. The summed E-state index contributed by atoms with van der Waals surface area (Å²) in [4.78, 5) is 0.0387. The maximum absolute atomic E-state index is 13.0. The summed E-state index contributed by atoms with van der Waals surface area (Å²) in [6.45, 7) is 0.456. The first kappa shape index (κ1) is 15.6. The highest BCUT2D eigenvalue weighted by Gasteiger charge is 2.16. The van der Waals surface area contributed by atoms with E-state index in [0.717, 1.165) is 0 Å². The Bertz CT molecular complexity index is 700. The lowest BCUT2D eigenvalue weighted by Gasteiger charge is -2.05. The monoisotopic (exact) mass is 313 g/mol. The van der Waals surface area contributed by atoms with Crippen molar-refractivity contribution in [2.75, 3.05) is 6.61 Å². The van der Waals surface area contributed by atoms with Crippen LogP contribution in [0.4, 0.5) is 4.39 Å². The molecule has 0 aliphatic carbocycles. The maximum Gasteiger partial charge on any atom is 0.243 e. The van der Waals surface area contributed by atoms with E-state index in [1.165, 1.54) is 35.3 Å². The van der Waals surface area contributed by atoms with Gasteiger partial charge in [-0.3, -0.25) is 4.68 Å². The van der Waals surface area contributed by atoms with E-state index in [2.05, 4.69) is 9.82 Å². The summed E-state index contributed by atoms with van der Waals surface area (Å²) < 4.78 is 41.0. The number of benzene rings is 1. The minimum Gasteiger partial charge on any atom is -0.396 e. The standard InChI is InChI=1S/C13H16FN3O3S/c14-12-4-1-3-11(7-12)8-16-21(19,20)13-9-15-17(10-13)5-2-6-18/h1,3-4,7,9-10,16,18H,2,5-6,8H2. The van der Waals surface area contributed by atoms with E-state index in [1.807, 2.05) is 0 Å². The Hall–Kier alpha value is -1.77. The van der Waals surface area contributed by atoms with E-state index in [0.29, 0.717) is 18.5 Å². The summed E-state index contributed by atoms with van der Waals surface area (Å²) in [5.41, 5.74) is 0.534. The number of hydrogen-bond acceptors (Lipinski definition) is 4. The number of aryl methyl sites for hydroxylation is 1. The molecule has 0 aliphatic rings. The Morgan fingerprint density at radius 1 is 1.38 bits per heavy atom. The zero-order valence-corrected chi connectivity index (χ0v) is 12.1. The summed E-state index contributed by atoms with van der Waals surface area (Å²) >= 11 is 0. The molecule has 0 fully saturated rings. The number of aliphatic hydroxyl groups excluding tert-OH is 1. The second-order valence-corrected chi connectivity index (χ2v) is 6.24. The summed E-state index contributed by atoms with van der Waals surface area (Å²) in [5, 5.41) is 12.6. The van der Waals surface area contributed by atoms with Crippen LogP contribution in [0.3, 0.4) is 0 Å². The molecule has 0 aliphatic heterocycles. The normalized spacial score (nSPS) is 11.7. The van der Waals surface area contributed by atoms with Crippen molar-refractivity contribution < 1.29 is 17.9 Å². The van der Waals surface area contributed by atoms with Crippen LogP contribution in [0.2, 0.25) is 0 Å². The van der Waals surface area contributed by atoms with Gasteiger partial charge in [0.2, 0.25) is 10.0 Å². The highest BCUT2D eigenvalue weighted by Crippen LogP contribution is 2.09. The van der Waals surface area contributed by atoms with Crippen molar-refractivity contribution in [3.05, 3.63) is 48.0 Å². The van der Waals surface area contributed by atoms with Crippen molar-refractivity contribution in [1.29, 1.82) is 0 Å². The van der Waals surface area contributed by atoms with Crippen molar-refractivity contribution in [2.24, 2.45) is 0 Å². The highest BCUT2D eigenvalue weighted by molar-refractivity contribution is 7.89. The van der Waals surface area contributed by atoms with E-state index in [-0.39, 0.29) is 18.0 Å². The molecule has 0 saturated heterocycles. The molecule has 2 aromatic rings. The lowest BCUT2D eigenvalue weighted by atomic mass is 10.2. The first-order chi connectivity index (χ1) is 10.0. The van der Waals surface area contributed by atoms with Crippen LogP contribution in [0, 0.1) is 5.82 Å². The van der Waals surface area contributed by atoms with Gasteiger partial charge in [-0.1, -0.05) is 12.1 Å². The third-order valence-electron chi connectivity index (χ3n) is 2.82. The first-order valence-corrected chi connectivity index (χ1v) is 7.87. The molecule has 0 saturated carbocycles. The van der Waals surface area contributed by atoms with E-state index >= 15 is 0 Å². The van der Waals surface area contributed by atoms with Gasteiger partial charge in [0, 0.05) is 25.9 Å². The number of sulfonamides is 1. The molecule has 6 nitrogen and oxygen atoms in total. The van der Waals surface area contributed by atoms with Crippen molar-refractivity contribution in [2.45, 2.75) is 24.4 Å². The third kappa shape index (κ3) is 4.35. The van der Waals surface area contributed by atoms with E-state index < -0.39 is 15.8 Å². The van der Waals surface area contributed by atoms with Crippen LogP contribution in [0.1, 0.15) is 12.0 Å². The van der Waals surface area contributed by atoms with Crippen LogP contribution in [0.25, 0.3) is 0 Å². The second-order valence-electron chi connectivity index (χ2n) is 4.47. The molecule has 1 heterocycles. The zero-order chi connectivity index (χ0) is 15.3. The molecule has 1 aromatic carbocycles. The molecule has 0 bridgehead atoms. The largest absolute Gasteiger partial charge is 0.396 e. The van der Waals surface area contributed by atoms with Crippen molar-refractivity contribution in [1.82, 2.24) is 14.5 Å². The van der Waals surface area contributed by atoms with Gasteiger partial charge in [-0.2, -0.15) is 5.10 Å². The van der Waals surface area contributed by atoms with Crippen molar-refractivity contribution in [3.63, 3.8) is 0 Å². The second kappa shape index (κ2) is 6.79. The van der Waals surface area contributed by atoms with Gasteiger partial charge in [0.15, 0.2) is 0 Å². The van der Waals surface area contributed by atoms with Gasteiger partial charge >= 0.3 is 0 Å². The minimum absolute atomic E-state index is 0.00190. The van der Waals surface area contributed by atoms with E-state index in [1.54, 1.807) is 6.07 Å². The SMILES string of the molecule is O=S(=O)(NCc1cccc(F)c1)c1cnn(CCCO)c1. The molecule has 2 rings (SSSR count). The summed E-state index contributed by atoms with van der Waals surface area (Å²) in [6, 6.07) is 5.72. The Labute approximate surface area is 122 Å². The number of hydrogen-bond donors (Lipinski definition) is 2. The van der Waals surface area contributed by atoms with Crippen LogP contribution >= 0.6 is 0 Å². The summed E-state index contributed by atoms with van der Waals surface area (Å²) in [6.07, 6.45) is 3.13. The molecule has 0 spiro atoms. The number of nitrogens with one attached hydrogen (secondary N) is 1. The molecule has 0 radical (unpaired) electrons. The molecule has 0 unspecified atom stereocenters. The van der Waals surface area contributed by atoms with Crippen LogP contribution < -0.4 is 4.72 Å². The maximum atomic E-state index is 13.0. The molecule has 0 atom stereocenters. The van der Waals surface area contributed by atoms with Crippen LogP contribution in [0.5, 0.6) is 0 Å². The lowest BCUT2D eigenvalue weighted by molar-refractivity contribution is 0.277. The average molecular weight is 313 g/mol. The molecule has 21 heavy (non-hydrogen) atoms. The Balaban J connectivity index is 2.02. The highest BCUT2D eigenvalue weighted by atomic mass is 32.2. The fourth-order valence-corrected chi connectivity index (χ4v) is 2.72. The van der Waals surface area contributed by atoms with Gasteiger partial charge in [-0.05, 0) is 24.1 Å². The number of aromatic nitrogens is 2. The predicted octanol–water partition coefficient (Wildman–Crippen LogP) is 0.883. The van der Waals surface area contributed by atoms with Gasteiger partial charge in [0.25, 0.3) is 0 Å². The Kier molecular flexibility index (Phi) is 5.05. The number of halogens is 1. The number of aliphatic hydroxyl groups is 1. The van der Waals surface area contributed by atoms with E-state index in [9.17, 15) is 12.8 Å². The van der Waals surface area contributed by atoms with Gasteiger partial charge < -0.3 is 5.11 Å². The Morgan fingerprint density at radius 2 is 2.19 bits per heavy atom.